The molecule has 7 heteroatoms. The molecule has 0 radical (unpaired) electrons. The number of rotatable bonds is 6. The van der Waals surface area contributed by atoms with Crippen molar-refractivity contribution in [2.75, 3.05) is 47.1 Å². The molecule has 1 heterocycles. The molecule has 134 valence electrons. The minimum atomic E-state index is -0.195. The topological polar surface area (TPSA) is 60.0 Å². The van der Waals surface area contributed by atoms with Crippen molar-refractivity contribution in [3.8, 4) is 11.5 Å². The molecule has 1 aliphatic heterocycles. The predicted molar refractivity (Wildman–Crippen MR) is 93.4 cm³/mol. The summed E-state index contributed by atoms with van der Waals surface area (Å²) in [6, 6.07) is 3.21. The first-order valence-electron chi connectivity index (χ1n) is 7.91. The zero-order valence-corrected chi connectivity index (χ0v) is 15.4. The Hall–Kier alpha value is -1.50. The number of ether oxygens (including phenoxy) is 3. The van der Waals surface area contributed by atoms with Crippen molar-refractivity contribution in [1.82, 2.24) is 10.2 Å². The fourth-order valence-electron chi connectivity index (χ4n) is 2.73. The number of amides is 1. The lowest BCUT2D eigenvalue weighted by Crippen LogP contribution is -2.55. The lowest BCUT2D eigenvalue weighted by Gasteiger charge is -2.40. The molecule has 0 unspecified atom stereocenters. The van der Waals surface area contributed by atoms with Gasteiger partial charge in [0.15, 0.2) is 11.5 Å². The maximum absolute atomic E-state index is 12.5. The number of methoxy groups -OCH3 is 2. The molecule has 1 N–H and O–H groups in total. The smallest absolute Gasteiger partial charge is 0.251 e. The van der Waals surface area contributed by atoms with Crippen LogP contribution >= 0.6 is 11.6 Å². The number of carbonyl (C=O) groups is 1. The molecule has 0 saturated carbocycles. The molecule has 6 nitrogen and oxygen atoms in total. The van der Waals surface area contributed by atoms with Gasteiger partial charge in [0, 0.05) is 30.7 Å². The highest BCUT2D eigenvalue weighted by molar-refractivity contribution is 6.32. The Morgan fingerprint density at radius 1 is 1.29 bits per heavy atom. The molecule has 1 aromatic rings. The van der Waals surface area contributed by atoms with Gasteiger partial charge in [0.25, 0.3) is 5.91 Å². The van der Waals surface area contributed by atoms with Gasteiger partial charge in [-0.05, 0) is 26.0 Å². The van der Waals surface area contributed by atoms with Crippen LogP contribution in [0, 0.1) is 0 Å². The third-order valence-electron chi connectivity index (χ3n) is 4.24. The molecule has 1 aliphatic rings. The van der Waals surface area contributed by atoms with Gasteiger partial charge in [0.1, 0.15) is 0 Å². The minimum Gasteiger partial charge on any atom is -0.493 e. The largest absolute Gasteiger partial charge is 0.493 e. The number of hydrogen-bond acceptors (Lipinski definition) is 5. The van der Waals surface area contributed by atoms with Gasteiger partial charge in [0.2, 0.25) is 0 Å². The van der Waals surface area contributed by atoms with Crippen LogP contribution in [0.1, 0.15) is 24.2 Å². The van der Waals surface area contributed by atoms with Crippen LogP contribution in [0.25, 0.3) is 0 Å². The molecule has 1 amide bonds. The minimum absolute atomic E-state index is 0.153. The maximum atomic E-state index is 12.5. The van der Waals surface area contributed by atoms with Gasteiger partial charge in [-0.3, -0.25) is 9.69 Å². The first-order chi connectivity index (χ1) is 11.4. The van der Waals surface area contributed by atoms with E-state index in [4.69, 9.17) is 25.8 Å². The molecule has 1 fully saturated rings. The van der Waals surface area contributed by atoms with Crippen LogP contribution in [0.5, 0.6) is 11.5 Å². The molecule has 0 aromatic heterocycles. The Labute approximate surface area is 148 Å². The lowest BCUT2D eigenvalue weighted by molar-refractivity contribution is -0.00923. The van der Waals surface area contributed by atoms with Crippen LogP contribution in [-0.2, 0) is 4.74 Å². The summed E-state index contributed by atoms with van der Waals surface area (Å²) in [5, 5.41) is 3.32. The quantitative estimate of drug-likeness (QED) is 0.846. The second-order valence-corrected chi connectivity index (χ2v) is 6.70. The van der Waals surface area contributed by atoms with Gasteiger partial charge in [-0.25, -0.2) is 0 Å². The Morgan fingerprint density at radius 3 is 2.54 bits per heavy atom. The summed E-state index contributed by atoms with van der Waals surface area (Å²) in [7, 11) is 3.02. The highest BCUT2D eigenvalue weighted by Gasteiger charge is 2.29. The van der Waals surface area contributed by atoms with Crippen LogP contribution < -0.4 is 14.8 Å². The van der Waals surface area contributed by atoms with Gasteiger partial charge in [-0.15, -0.1) is 0 Å². The number of hydrogen-bond donors (Lipinski definition) is 1. The fraction of sp³-hybridized carbons (Fsp3) is 0.588. The zero-order valence-electron chi connectivity index (χ0n) is 14.6. The van der Waals surface area contributed by atoms with E-state index in [-0.39, 0.29) is 11.4 Å². The van der Waals surface area contributed by atoms with Gasteiger partial charge in [0.05, 0.1) is 32.5 Å². The molecule has 0 atom stereocenters. The zero-order chi connectivity index (χ0) is 17.7. The summed E-state index contributed by atoms with van der Waals surface area (Å²) in [6.45, 7) is 7.93. The van der Waals surface area contributed by atoms with E-state index in [1.165, 1.54) is 14.2 Å². The van der Waals surface area contributed by atoms with Crippen molar-refractivity contribution in [1.29, 1.82) is 0 Å². The number of nitrogens with one attached hydrogen (secondary N) is 1. The van der Waals surface area contributed by atoms with Crippen molar-refractivity contribution in [2.24, 2.45) is 0 Å². The first kappa shape index (κ1) is 18.8. The van der Waals surface area contributed by atoms with Gasteiger partial charge < -0.3 is 19.5 Å². The number of morpholine rings is 1. The van der Waals surface area contributed by atoms with E-state index in [2.05, 4.69) is 24.1 Å². The number of nitrogens with zero attached hydrogens (tertiary/aromatic N) is 1. The van der Waals surface area contributed by atoms with Crippen molar-refractivity contribution in [3.05, 3.63) is 22.7 Å². The van der Waals surface area contributed by atoms with Crippen LogP contribution in [-0.4, -0.2) is 63.4 Å². The van der Waals surface area contributed by atoms with E-state index in [0.717, 1.165) is 26.3 Å². The monoisotopic (exact) mass is 356 g/mol. The van der Waals surface area contributed by atoms with Crippen LogP contribution in [0.2, 0.25) is 5.02 Å². The second kappa shape index (κ2) is 8.05. The molecular formula is C17H25ClN2O4. The Balaban J connectivity index is 2.05. The summed E-state index contributed by atoms with van der Waals surface area (Å²) >= 11 is 6.16. The summed E-state index contributed by atoms with van der Waals surface area (Å²) in [5.74, 6) is 0.658. The third kappa shape index (κ3) is 4.32. The number of halogens is 1. The Morgan fingerprint density at radius 2 is 1.96 bits per heavy atom. The molecule has 2 rings (SSSR count). The van der Waals surface area contributed by atoms with E-state index in [9.17, 15) is 4.79 Å². The number of benzene rings is 1. The van der Waals surface area contributed by atoms with Gasteiger partial charge >= 0.3 is 0 Å². The van der Waals surface area contributed by atoms with E-state index in [0.29, 0.717) is 28.6 Å². The third-order valence-corrected chi connectivity index (χ3v) is 4.53. The SMILES string of the molecule is COc1cc(C(=O)NCC(C)(C)N2CCOCC2)cc(Cl)c1OC. The van der Waals surface area contributed by atoms with Gasteiger partial charge in [-0.1, -0.05) is 11.6 Å². The number of carbonyl (C=O) groups excluding carboxylic acids is 1. The first-order valence-corrected chi connectivity index (χ1v) is 8.29. The predicted octanol–water partition coefficient (Wildman–Crippen LogP) is 2.20. The van der Waals surface area contributed by atoms with E-state index in [1.54, 1.807) is 12.1 Å². The average Bonchev–Trinajstić information content (AvgIpc) is 2.59. The summed E-state index contributed by atoms with van der Waals surface area (Å²) in [4.78, 5) is 14.8. The molecule has 0 aliphatic carbocycles. The molecular weight excluding hydrogens is 332 g/mol. The van der Waals surface area contributed by atoms with Crippen molar-refractivity contribution in [2.45, 2.75) is 19.4 Å². The molecule has 0 bridgehead atoms. The fourth-order valence-corrected chi connectivity index (χ4v) is 3.02. The van der Waals surface area contributed by atoms with Crippen LogP contribution in [0.3, 0.4) is 0 Å². The van der Waals surface area contributed by atoms with E-state index in [1.807, 2.05) is 0 Å². The van der Waals surface area contributed by atoms with Crippen molar-refractivity contribution >= 4 is 17.5 Å². The second-order valence-electron chi connectivity index (χ2n) is 6.29. The highest BCUT2D eigenvalue weighted by Crippen LogP contribution is 2.36. The van der Waals surface area contributed by atoms with E-state index < -0.39 is 0 Å². The Bertz CT molecular complexity index is 586. The summed E-state index contributed by atoms with van der Waals surface area (Å²) in [5.41, 5.74) is 0.287. The molecule has 1 saturated heterocycles. The summed E-state index contributed by atoms with van der Waals surface area (Å²) < 4.78 is 15.8. The maximum Gasteiger partial charge on any atom is 0.251 e. The average molecular weight is 357 g/mol. The van der Waals surface area contributed by atoms with Crippen LogP contribution in [0.4, 0.5) is 0 Å². The molecule has 0 spiro atoms. The standard InChI is InChI=1S/C17H25ClN2O4/c1-17(2,20-5-7-24-8-6-20)11-19-16(21)12-9-13(18)15(23-4)14(10-12)22-3/h9-10H,5-8,11H2,1-4H3,(H,19,21). The summed E-state index contributed by atoms with van der Waals surface area (Å²) in [6.07, 6.45) is 0. The lowest BCUT2D eigenvalue weighted by atomic mass is 10.0. The van der Waals surface area contributed by atoms with Crippen LogP contribution in [0.15, 0.2) is 12.1 Å². The molecule has 1 aromatic carbocycles. The van der Waals surface area contributed by atoms with Crippen molar-refractivity contribution < 1.29 is 19.0 Å². The molecule has 24 heavy (non-hydrogen) atoms. The normalized spacial score (nSPS) is 15.9. The van der Waals surface area contributed by atoms with Gasteiger partial charge in [-0.2, -0.15) is 0 Å². The highest BCUT2D eigenvalue weighted by atomic mass is 35.5. The Kier molecular flexibility index (Phi) is 6.32. The van der Waals surface area contributed by atoms with E-state index >= 15 is 0 Å². The van der Waals surface area contributed by atoms with Crippen molar-refractivity contribution in [3.63, 3.8) is 0 Å².